The van der Waals surface area contributed by atoms with E-state index in [1.165, 1.54) is 43.4 Å². The molecule has 5 nitrogen and oxygen atoms in total. The number of hydrogen-bond acceptors (Lipinski definition) is 3. The Morgan fingerprint density at radius 3 is 2.22 bits per heavy atom. The van der Waals surface area contributed by atoms with Gasteiger partial charge in [0.2, 0.25) is 0 Å². The Morgan fingerprint density at radius 2 is 1.70 bits per heavy atom. The molecule has 2 aromatic rings. The predicted molar refractivity (Wildman–Crippen MR) is 110 cm³/mol. The van der Waals surface area contributed by atoms with Crippen LogP contribution in [-0.2, 0) is 10.0 Å². The molecule has 2 rings (SSSR count). The van der Waals surface area contributed by atoms with Crippen LogP contribution in [0.1, 0.15) is 37.6 Å². The lowest BCUT2D eigenvalue weighted by Gasteiger charge is -2.25. The van der Waals surface area contributed by atoms with Crippen molar-refractivity contribution in [1.29, 1.82) is 0 Å². The Hall–Kier alpha value is -1.76. The predicted octanol–water partition coefficient (Wildman–Crippen LogP) is 4.74. The van der Waals surface area contributed by atoms with E-state index in [0.29, 0.717) is 16.3 Å². The van der Waals surface area contributed by atoms with Gasteiger partial charge < -0.3 is 5.32 Å². The number of halogens is 2. The van der Waals surface area contributed by atoms with E-state index in [4.69, 9.17) is 23.2 Å². The van der Waals surface area contributed by atoms with Crippen LogP contribution < -0.4 is 9.62 Å². The van der Waals surface area contributed by atoms with Gasteiger partial charge in [-0.1, -0.05) is 30.1 Å². The molecule has 146 valence electrons. The van der Waals surface area contributed by atoms with Crippen molar-refractivity contribution >= 4 is 44.8 Å². The molecular weight excluding hydrogens is 407 g/mol. The number of hydrogen-bond donors (Lipinski definition) is 1. The lowest BCUT2D eigenvalue weighted by molar-refractivity contribution is 0.0911. The van der Waals surface area contributed by atoms with Crippen molar-refractivity contribution in [3.05, 3.63) is 58.1 Å². The number of benzene rings is 2. The van der Waals surface area contributed by atoms with Crippen LogP contribution in [0.2, 0.25) is 10.0 Å². The summed E-state index contributed by atoms with van der Waals surface area (Å²) in [6.45, 7) is 5.81. The van der Waals surface area contributed by atoms with E-state index >= 15 is 0 Å². The Bertz CT molecular complexity index is 942. The van der Waals surface area contributed by atoms with Gasteiger partial charge in [-0.25, -0.2) is 8.42 Å². The second kappa shape index (κ2) is 8.09. The molecule has 0 spiro atoms. The first-order chi connectivity index (χ1) is 12.5. The summed E-state index contributed by atoms with van der Waals surface area (Å²) in [7, 11) is -2.35. The maximum absolute atomic E-state index is 12.8. The molecular formula is C19H22Cl2N2O3S. The second-order valence-electron chi connectivity index (χ2n) is 6.78. The first-order valence-corrected chi connectivity index (χ1v) is 10.5. The summed E-state index contributed by atoms with van der Waals surface area (Å²) in [5.41, 5.74) is 0.272. The van der Waals surface area contributed by atoms with Crippen LogP contribution in [0.5, 0.6) is 0 Å². The number of rotatable bonds is 6. The van der Waals surface area contributed by atoms with E-state index in [9.17, 15) is 13.2 Å². The molecule has 0 radical (unpaired) electrons. The van der Waals surface area contributed by atoms with Gasteiger partial charge in [-0.2, -0.15) is 0 Å². The Balaban J connectivity index is 2.31. The van der Waals surface area contributed by atoms with E-state index in [-0.39, 0.29) is 21.4 Å². The summed E-state index contributed by atoms with van der Waals surface area (Å²) >= 11 is 12.1. The van der Waals surface area contributed by atoms with Crippen molar-refractivity contribution in [3.63, 3.8) is 0 Å². The molecule has 0 bridgehead atoms. The molecule has 0 aliphatic carbocycles. The van der Waals surface area contributed by atoms with Gasteiger partial charge in [0.05, 0.1) is 21.2 Å². The Labute approximate surface area is 170 Å². The number of carbonyl (C=O) groups excluding carboxylic acids is 1. The van der Waals surface area contributed by atoms with Gasteiger partial charge in [0.15, 0.2) is 0 Å². The number of carbonyl (C=O) groups is 1. The largest absolute Gasteiger partial charge is 0.347 e. The van der Waals surface area contributed by atoms with Crippen molar-refractivity contribution in [2.45, 2.75) is 37.6 Å². The highest BCUT2D eigenvalue weighted by molar-refractivity contribution is 7.92. The minimum atomic E-state index is -3.78. The zero-order chi connectivity index (χ0) is 20.4. The summed E-state index contributed by atoms with van der Waals surface area (Å²) in [4.78, 5) is 12.5. The smallest absolute Gasteiger partial charge is 0.264 e. The third-order valence-electron chi connectivity index (χ3n) is 4.37. The van der Waals surface area contributed by atoms with Gasteiger partial charge in [0.25, 0.3) is 15.9 Å². The fourth-order valence-electron chi connectivity index (χ4n) is 2.25. The molecule has 0 aliphatic rings. The first kappa shape index (κ1) is 21.5. The average Bonchev–Trinajstić information content (AvgIpc) is 2.60. The van der Waals surface area contributed by atoms with Gasteiger partial charge in [-0.15, -0.1) is 0 Å². The second-order valence-corrected chi connectivity index (χ2v) is 9.60. The first-order valence-electron chi connectivity index (χ1n) is 8.34. The van der Waals surface area contributed by atoms with Crippen molar-refractivity contribution in [3.8, 4) is 0 Å². The number of nitrogens with one attached hydrogen (secondary N) is 1. The number of sulfonamides is 1. The third kappa shape index (κ3) is 4.94. The van der Waals surface area contributed by atoms with Crippen LogP contribution in [0, 0.1) is 0 Å². The number of anilines is 1. The van der Waals surface area contributed by atoms with Crippen LogP contribution in [0.25, 0.3) is 0 Å². The molecule has 0 unspecified atom stereocenters. The van der Waals surface area contributed by atoms with E-state index in [2.05, 4.69) is 5.32 Å². The van der Waals surface area contributed by atoms with Crippen LogP contribution in [0.15, 0.2) is 47.4 Å². The van der Waals surface area contributed by atoms with Gasteiger partial charge in [0, 0.05) is 17.6 Å². The van der Waals surface area contributed by atoms with E-state index in [1.54, 1.807) is 6.07 Å². The molecule has 1 amide bonds. The summed E-state index contributed by atoms with van der Waals surface area (Å²) < 4.78 is 26.6. The monoisotopic (exact) mass is 428 g/mol. The van der Waals surface area contributed by atoms with Crippen LogP contribution in [0.4, 0.5) is 5.69 Å². The van der Waals surface area contributed by atoms with Crippen LogP contribution >= 0.6 is 23.2 Å². The van der Waals surface area contributed by atoms with Gasteiger partial charge >= 0.3 is 0 Å². The SMILES string of the molecule is CCC(C)(C)NC(=O)c1ccc(N(C)S(=O)(=O)c2ccc(Cl)cc2)cc1Cl. The van der Waals surface area contributed by atoms with E-state index in [1.807, 2.05) is 20.8 Å². The maximum atomic E-state index is 12.8. The van der Waals surface area contributed by atoms with E-state index < -0.39 is 10.0 Å². The highest BCUT2D eigenvalue weighted by atomic mass is 35.5. The topological polar surface area (TPSA) is 66.5 Å². The van der Waals surface area contributed by atoms with Crippen molar-refractivity contribution in [1.82, 2.24) is 5.32 Å². The van der Waals surface area contributed by atoms with Gasteiger partial charge in [-0.3, -0.25) is 9.10 Å². The zero-order valence-corrected chi connectivity index (χ0v) is 17.9. The molecule has 0 aliphatic heterocycles. The molecule has 0 saturated heterocycles. The minimum Gasteiger partial charge on any atom is -0.347 e. The summed E-state index contributed by atoms with van der Waals surface area (Å²) in [5, 5.41) is 3.53. The highest BCUT2D eigenvalue weighted by Crippen LogP contribution is 2.28. The van der Waals surface area contributed by atoms with Crippen LogP contribution in [0.3, 0.4) is 0 Å². The number of nitrogens with zero attached hydrogens (tertiary/aromatic N) is 1. The molecule has 0 heterocycles. The molecule has 0 saturated carbocycles. The molecule has 2 aromatic carbocycles. The molecule has 0 atom stereocenters. The lowest BCUT2D eigenvalue weighted by Crippen LogP contribution is -2.42. The fourth-order valence-corrected chi connectivity index (χ4v) is 3.82. The summed E-state index contributed by atoms with van der Waals surface area (Å²) in [5.74, 6) is -0.304. The quantitative estimate of drug-likeness (QED) is 0.722. The normalized spacial score (nSPS) is 11.9. The Morgan fingerprint density at radius 1 is 1.11 bits per heavy atom. The molecule has 0 fully saturated rings. The summed E-state index contributed by atoms with van der Waals surface area (Å²) in [6.07, 6.45) is 0.760. The van der Waals surface area contributed by atoms with Crippen LogP contribution in [-0.4, -0.2) is 26.9 Å². The van der Waals surface area contributed by atoms with Crippen molar-refractivity contribution < 1.29 is 13.2 Å². The standard InChI is InChI=1S/C19H22Cl2N2O3S/c1-5-19(2,3)22-18(24)16-11-8-14(12-17(16)21)23(4)27(25,26)15-9-6-13(20)7-10-15/h6-12H,5H2,1-4H3,(H,22,24). The van der Waals surface area contributed by atoms with Gasteiger partial charge in [-0.05, 0) is 62.7 Å². The maximum Gasteiger partial charge on any atom is 0.264 e. The fraction of sp³-hybridized carbons (Fsp3) is 0.316. The molecule has 1 N–H and O–H groups in total. The summed E-state index contributed by atoms with van der Waals surface area (Å²) in [6, 6.07) is 10.4. The van der Waals surface area contributed by atoms with Gasteiger partial charge in [0.1, 0.15) is 0 Å². The Kier molecular flexibility index (Phi) is 6.45. The number of amides is 1. The van der Waals surface area contributed by atoms with E-state index in [0.717, 1.165) is 10.7 Å². The lowest BCUT2D eigenvalue weighted by atomic mass is 10.0. The third-order valence-corrected chi connectivity index (χ3v) is 6.73. The molecule has 0 aromatic heterocycles. The molecule has 8 heteroatoms. The zero-order valence-electron chi connectivity index (χ0n) is 15.6. The minimum absolute atomic E-state index is 0.108. The van der Waals surface area contributed by atoms with Crippen molar-refractivity contribution in [2.75, 3.05) is 11.4 Å². The highest BCUT2D eigenvalue weighted by Gasteiger charge is 2.24. The average molecular weight is 429 g/mol. The molecule has 27 heavy (non-hydrogen) atoms. The van der Waals surface area contributed by atoms with Crippen molar-refractivity contribution in [2.24, 2.45) is 0 Å².